The van der Waals surface area contributed by atoms with Crippen LogP contribution < -0.4 is 16.0 Å². The van der Waals surface area contributed by atoms with Gasteiger partial charge in [0, 0.05) is 24.0 Å². The number of hydrogen-bond acceptors (Lipinski definition) is 4. The molecule has 0 spiro atoms. The van der Waals surface area contributed by atoms with Crippen molar-refractivity contribution in [1.82, 2.24) is 10.2 Å². The molecule has 0 bridgehead atoms. The Morgan fingerprint density at radius 3 is 2.40 bits per heavy atom. The maximum atomic E-state index is 13.8. The normalized spacial score (nSPS) is 15.7. The van der Waals surface area contributed by atoms with Crippen LogP contribution in [0.2, 0.25) is 0 Å². The first-order chi connectivity index (χ1) is 16.6. The highest BCUT2D eigenvalue weighted by atomic mass is 19.1. The van der Waals surface area contributed by atoms with Crippen LogP contribution >= 0.6 is 0 Å². The number of nitrogens with one attached hydrogen (secondary N) is 3. The van der Waals surface area contributed by atoms with Crippen LogP contribution in [0.5, 0.6) is 0 Å². The minimum Gasteiger partial charge on any atom is -0.459 e. The molecule has 1 heterocycles. The van der Waals surface area contributed by atoms with E-state index in [-0.39, 0.29) is 17.8 Å². The molecule has 8 nitrogen and oxygen atoms in total. The fourth-order valence-corrected chi connectivity index (χ4v) is 3.70. The van der Waals surface area contributed by atoms with Gasteiger partial charge in [-0.25, -0.2) is 23.2 Å². The Morgan fingerprint density at radius 2 is 1.80 bits per heavy atom. The number of amides is 4. The number of esters is 1. The van der Waals surface area contributed by atoms with Gasteiger partial charge in [0.1, 0.15) is 11.6 Å². The van der Waals surface area contributed by atoms with Crippen molar-refractivity contribution in [3.63, 3.8) is 0 Å². The van der Waals surface area contributed by atoms with Gasteiger partial charge < -0.3 is 20.7 Å². The van der Waals surface area contributed by atoms with Crippen molar-refractivity contribution < 1.29 is 27.9 Å². The van der Waals surface area contributed by atoms with Crippen LogP contribution in [-0.4, -0.2) is 35.6 Å². The second-order valence-corrected chi connectivity index (χ2v) is 8.31. The van der Waals surface area contributed by atoms with Gasteiger partial charge in [0.05, 0.1) is 23.4 Å². The van der Waals surface area contributed by atoms with Crippen LogP contribution in [0.15, 0.2) is 53.7 Å². The van der Waals surface area contributed by atoms with Crippen LogP contribution in [0.1, 0.15) is 45.7 Å². The van der Waals surface area contributed by atoms with Crippen LogP contribution in [0, 0.1) is 11.6 Å². The zero-order valence-corrected chi connectivity index (χ0v) is 19.9. The number of nitrogens with zero attached hydrogens (tertiary/aromatic N) is 1. The van der Waals surface area contributed by atoms with E-state index in [1.165, 1.54) is 4.90 Å². The highest BCUT2D eigenvalue weighted by molar-refractivity contribution is 6.00. The number of anilines is 2. The van der Waals surface area contributed by atoms with Crippen molar-refractivity contribution in [1.29, 1.82) is 0 Å². The van der Waals surface area contributed by atoms with Crippen molar-refractivity contribution in [3.8, 4) is 0 Å². The molecular weight excluding hydrogens is 458 g/mol. The molecule has 3 rings (SSSR count). The van der Waals surface area contributed by atoms with E-state index in [2.05, 4.69) is 16.0 Å². The molecule has 3 N–H and O–H groups in total. The molecule has 10 heteroatoms. The smallest absolute Gasteiger partial charge is 0.338 e. The topological polar surface area (TPSA) is 99.8 Å². The molecule has 1 atom stereocenters. The summed E-state index contributed by atoms with van der Waals surface area (Å²) in [7, 11) is 0. The maximum Gasteiger partial charge on any atom is 0.338 e. The van der Waals surface area contributed by atoms with Crippen molar-refractivity contribution in [2.75, 3.05) is 17.2 Å². The van der Waals surface area contributed by atoms with Gasteiger partial charge in [-0.2, -0.15) is 0 Å². The van der Waals surface area contributed by atoms with E-state index in [1.54, 1.807) is 45.0 Å². The highest BCUT2D eigenvalue weighted by Crippen LogP contribution is 2.32. The first-order valence-electron chi connectivity index (χ1n) is 11.2. The minimum absolute atomic E-state index is 0.170. The van der Waals surface area contributed by atoms with E-state index in [0.29, 0.717) is 41.6 Å². The summed E-state index contributed by atoms with van der Waals surface area (Å²) in [5, 5.41) is 7.73. The minimum atomic E-state index is -0.899. The third kappa shape index (κ3) is 6.14. The molecule has 0 radical (unpaired) electrons. The molecule has 1 aliphatic rings. The zero-order chi connectivity index (χ0) is 25.7. The number of carbonyl (C=O) groups excluding carboxylic acids is 3. The lowest BCUT2D eigenvalue weighted by atomic mass is 9.94. The monoisotopic (exact) mass is 486 g/mol. The number of rotatable bonds is 7. The highest BCUT2D eigenvalue weighted by Gasteiger charge is 2.36. The second kappa shape index (κ2) is 11.0. The Balaban J connectivity index is 1.81. The fourth-order valence-electron chi connectivity index (χ4n) is 3.70. The lowest BCUT2D eigenvalue weighted by molar-refractivity contribution is -0.143. The summed E-state index contributed by atoms with van der Waals surface area (Å²) in [5.74, 6) is -2.17. The van der Waals surface area contributed by atoms with Gasteiger partial charge in [0.2, 0.25) is 0 Å². The zero-order valence-electron chi connectivity index (χ0n) is 19.9. The summed E-state index contributed by atoms with van der Waals surface area (Å²) < 4.78 is 32.2. The fraction of sp³-hybridized carbons (Fsp3) is 0.320. The Morgan fingerprint density at radius 1 is 1.11 bits per heavy atom. The third-order valence-electron chi connectivity index (χ3n) is 5.29. The lowest BCUT2D eigenvalue weighted by Crippen LogP contribution is -2.48. The number of benzene rings is 2. The Labute approximate surface area is 202 Å². The second-order valence-electron chi connectivity index (χ2n) is 8.31. The van der Waals surface area contributed by atoms with E-state index in [9.17, 15) is 23.2 Å². The number of halogens is 2. The number of allylic oxidation sites excluding steroid dienone is 1. The van der Waals surface area contributed by atoms with E-state index in [4.69, 9.17) is 4.74 Å². The average Bonchev–Trinajstić information content (AvgIpc) is 2.78. The van der Waals surface area contributed by atoms with Gasteiger partial charge in [-0.1, -0.05) is 19.1 Å². The number of carbonyl (C=O) groups is 3. The van der Waals surface area contributed by atoms with Gasteiger partial charge in [-0.3, -0.25) is 4.90 Å². The van der Waals surface area contributed by atoms with Crippen LogP contribution in [0.3, 0.4) is 0 Å². The molecule has 1 aliphatic heterocycles. The number of urea groups is 2. The molecule has 186 valence electrons. The Bertz CT molecular complexity index is 1150. The Kier molecular flexibility index (Phi) is 8.06. The molecule has 0 aromatic heterocycles. The Hall–Kier alpha value is -3.95. The predicted molar refractivity (Wildman–Crippen MR) is 128 cm³/mol. The van der Waals surface area contributed by atoms with E-state index < -0.39 is 29.7 Å². The molecule has 0 saturated carbocycles. The first-order valence-corrected chi connectivity index (χ1v) is 11.2. The van der Waals surface area contributed by atoms with E-state index >= 15 is 0 Å². The van der Waals surface area contributed by atoms with Gasteiger partial charge in [-0.15, -0.1) is 0 Å². The summed E-state index contributed by atoms with van der Waals surface area (Å²) in [6.07, 6.45) is 0.378. The summed E-state index contributed by atoms with van der Waals surface area (Å²) in [4.78, 5) is 39.4. The lowest BCUT2D eigenvalue weighted by Gasteiger charge is -2.35. The molecule has 0 saturated heterocycles. The summed E-state index contributed by atoms with van der Waals surface area (Å²) >= 11 is 0. The van der Waals surface area contributed by atoms with Crippen LogP contribution in [-0.2, 0) is 9.53 Å². The number of hydrogen-bond donors (Lipinski definition) is 3. The molecule has 2 aromatic carbocycles. The molecule has 35 heavy (non-hydrogen) atoms. The van der Waals surface area contributed by atoms with Gasteiger partial charge in [0.15, 0.2) is 0 Å². The summed E-state index contributed by atoms with van der Waals surface area (Å²) in [6, 6.07) is 7.52. The van der Waals surface area contributed by atoms with E-state index in [1.807, 2.05) is 6.92 Å². The number of ether oxygens (including phenoxy) is 1. The predicted octanol–water partition coefficient (Wildman–Crippen LogP) is 5.31. The maximum absolute atomic E-state index is 13.8. The summed E-state index contributed by atoms with van der Waals surface area (Å²) in [5.41, 5.74) is 1.68. The largest absolute Gasteiger partial charge is 0.459 e. The quantitative estimate of drug-likeness (QED) is 0.462. The van der Waals surface area contributed by atoms with Gasteiger partial charge >= 0.3 is 18.0 Å². The SMILES string of the molecule is CCCN1C(=O)NC(c2ccc(NC(=O)Nc3ccc(F)cc3F)cc2)C(C(=O)OC(C)C)=C1C. The van der Waals surface area contributed by atoms with Crippen molar-refractivity contribution >= 4 is 29.4 Å². The van der Waals surface area contributed by atoms with Gasteiger partial charge in [0.25, 0.3) is 0 Å². The third-order valence-corrected chi connectivity index (χ3v) is 5.29. The van der Waals surface area contributed by atoms with Crippen LogP contribution in [0.4, 0.5) is 29.7 Å². The first kappa shape index (κ1) is 25.7. The van der Waals surface area contributed by atoms with Crippen molar-refractivity contribution in [2.45, 2.75) is 46.3 Å². The van der Waals surface area contributed by atoms with Crippen LogP contribution in [0.25, 0.3) is 0 Å². The van der Waals surface area contributed by atoms with Gasteiger partial charge in [-0.05, 0) is 57.0 Å². The molecule has 2 aromatic rings. The van der Waals surface area contributed by atoms with Crippen molar-refractivity contribution in [3.05, 3.63) is 70.9 Å². The molecule has 1 unspecified atom stereocenters. The standard InChI is InChI=1S/C25H28F2N4O4/c1-5-12-31-15(4)21(23(32)35-14(2)3)22(30-25(31)34)16-6-9-18(10-7-16)28-24(33)29-20-11-8-17(26)13-19(20)27/h6-11,13-14,22H,5,12H2,1-4H3,(H,30,34)(H2,28,29,33). The van der Waals surface area contributed by atoms with E-state index in [0.717, 1.165) is 12.1 Å². The molecule has 0 aliphatic carbocycles. The van der Waals surface area contributed by atoms with Crippen molar-refractivity contribution in [2.24, 2.45) is 0 Å². The molecular formula is C25H28F2N4O4. The summed E-state index contributed by atoms with van der Waals surface area (Å²) in [6.45, 7) is 7.60. The molecule has 0 fully saturated rings. The molecule has 4 amide bonds. The average molecular weight is 487 g/mol.